The molecule has 2 N–H and O–H groups in total. The highest BCUT2D eigenvalue weighted by atomic mass is 32.2. The van der Waals surface area contributed by atoms with Crippen molar-refractivity contribution < 1.29 is 31.1 Å². The van der Waals surface area contributed by atoms with Crippen LogP contribution in [0, 0.1) is 0 Å². The fourth-order valence-electron chi connectivity index (χ4n) is 2.04. The lowest BCUT2D eigenvalue weighted by molar-refractivity contribution is -0.139. The SMILES string of the molecule is CC(C)OCCCNC(=O)[C@H](C)NS(=O)(=O)c1ccccc1C(F)(F)F. The minimum atomic E-state index is -4.83. The zero-order valence-corrected chi connectivity index (χ0v) is 15.6. The molecule has 1 atom stereocenters. The maximum Gasteiger partial charge on any atom is 0.417 e. The van der Waals surface area contributed by atoms with Crippen molar-refractivity contribution in [1.82, 2.24) is 10.0 Å². The van der Waals surface area contributed by atoms with E-state index in [0.29, 0.717) is 19.1 Å². The smallest absolute Gasteiger partial charge is 0.379 e. The number of carbonyl (C=O) groups is 1. The Kier molecular flexibility index (Phi) is 8.04. The summed E-state index contributed by atoms with van der Waals surface area (Å²) in [5.74, 6) is -0.636. The van der Waals surface area contributed by atoms with Crippen molar-refractivity contribution in [2.45, 2.75) is 50.4 Å². The van der Waals surface area contributed by atoms with Crippen molar-refractivity contribution in [2.75, 3.05) is 13.2 Å². The van der Waals surface area contributed by atoms with Crippen molar-refractivity contribution in [3.05, 3.63) is 29.8 Å². The number of hydrogen-bond acceptors (Lipinski definition) is 4. The molecule has 0 radical (unpaired) electrons. The molecule has 0 saturated heterocycles. The number of rotatable bonds is 9. The second-order valence-electron chi connectivity index (χ2n) is 5.90. The van der Waals surface area contributed by atoms with E-state index < -0.39 is 38.6 Å². The molecule has 0 aliphatic rings. The molecule has 1 rings (SSSR count). The van der Waals surface area contributed by atoms with E-state index in [9.17, 15) is 26.4 Å². The lowest BCUT2D eigenvalue weighted by Crippen LogP contribution is -2.45. The van der Waals surface area contributed by atoms with Crippen molar-refractivity contribution in [2.24, 2.45) is 0 Å². The Morgan fingerprint density at radius 2 is 1.81 bits per heavy atom. The number of hydrogen-bond donors (Lipinski definition) is 2. The van der Waals surface area contributed by atoms with E-state index in [1.165, 1.54) is 13.0 Å². The van der Waals surface area contributed by atoms with Gasteiger partial charge in [-0.05, 0) is 39.3 Å². The van der Waals surface area contributed by atoms with Crippen LogP contribution in [0.15, 0.2) is 29.2 Å². The Balaban J connectivity index is 2.71. The number of amides is 1. The summed E-state index contributed by atoms with van der Waals surface area (Å²) in [6, 6.07) is 2.57. The Morgan fingerprint density at radius 1 is 1.19 bits per heavy atom. The van der Waals surface area contributed by atoms with Gasteiger partial charge in [-0.25, -0.2) is 8.42 Å². The molecule has 0 saturated carbocycles. The summed E-state index contributed by atoms with van der Waals surface area (Å²) in [7, 11) is -4.52. The first-order valence-electron chi connectivity index (χ1n) is 8.03. The maximum absolute atomic E-state index is 13.0. The quantitative estimate of drug-likeness (QED) is 0.628. The summed E-state index contributed by atoms with van der Waals surface area (Å²) < 4.78 is 70.7. The van der Waals surface area contributed by atoms with E-state index in [1.54, 1.807) is 0 Å². The summed E-state index contributed by atoms with van der Waals surface area (Å²) in [6.07, 6.45) is -4.24. The summed E-state index contributed by atoms with van der Waals surface area (Å²) in [5.41, 5.74) is -1.29. The molecule has 10 heteroatoms. The molecule has 1 amide bonds. The van der Waals surface area contributed by atoms with Crippen LogP contribution in [-0.4, -0.2) is 39.6 Å². The van der Waals surface area contributed by atoms with Crippen molar-refractivity contribution in [3.8, 4) is 0 Å². The summed E-state index contributed by atoms with van der Waals surface area (Å²) in [4.78, 5) is 11.0. The van der Waals surface area contributed by atoms with Gasteiger partial charge >= 0.3 is 6.18 Å². The van der Waals surface area contributed by atoms with Crippen LogP contribution in [0.3, 0.4) is 0 Å². The number of nitrogens with one attached hydrogen (secondary N) is 2. The average molecular weight is 396 g/mol. The molecule has 0 aliphatic heterocycles. The standard InChI is InChI=1S/C16H23F3N2O4S/c1-11(2)25-10-6-9-20-15(22)12(3)21-26(23,24)14-8-5-4-7-13(14)16(17,18)19/h4-5,7-8,11-12,21H,6,9-10H2,1-3H3,(H,20,22)/t12-/m0/s1. The fraction of sp³-hybridized carbons (Fsp3) is 0.562. The number of benzene rings is 1. The average Bonchev–Trinajstić information content (AvgIpc) is 2.52. The molecule has 0 fully saturated rings. The monoisotopic (exact) mass is 396 g/mol. The normalized spacial score (nSPS) is 13.7. The van der Waals surface area contributed by atoms with Crippen molar-refractivity contribution in [1.29, 1.82) is 0 Å². The molecular weight excluding hydrogens is 373 g/mol. The first-order valence-corrected chi connectivity index (χ1v) is 9.51. The van der Waals surface area contributed by atoms with Gasteiger partial charge < -0.3 is 10.1 Å². The molecule has 0 spiro atoms. The summed E-state index contributed by atoms with van der Waals surface area (Å²) >= 11 is 0. The minimum Gasteiger partial charge on any atom is -0.379 e. The predicted octanol–water partition coefficient (Wildman–Crippen LogP) is 2.30. The third kappa shape index (κ3) is 6.93. The molecule has 1 aromatic carbocycles. The van der Waals surface area contributed by atoms with Crippen LogP contribution in [0.4, 0.5) is 13.2 Å². The van der Waals surface area contributed by atoms with Gasteiger partial charge in [0.2, 0.25) is 15.9 Å². The predicted molar refractivity (Wildman–Crippen MR) is 89.9 cm³/mol. The van der Waals surface area contributed by atoms with E-state index in [-0.39, 0.29) is 12.6 Å². The zero-order valence-electron chi connectivity index (χ0n) is 14.8. The van der Waals surface area contributed by atoms with E-state index in [4.69, 9.17) is 4.74 Å². The van der Waals surface area contributed by atoms with Gasteiger partial charge in [-0.2, -0.15) is 17.9 Å². The highest BCUT2D eigenvalue weighted by Gasteiger charge is 2.37. The third-order valence-electron chi connectivity index (χ3n) is 3.28. The lowest BCUT2D eigenvalue weighted by Gasteiger charge is -2.17. The van der Waals surface area contributed by atoms with Crippen LogP contribution >= 0.6 is 0 Å². The van der Waals surface area contributed by atoms with E-state index in [2.05, 4.69) is 5.32 Å². The molecule has 0 heterocycles. The number of ether oxygens (including phenoxy) is 1. The van der Waals surface area contributed by atoms with Crippen LogP contribution in [0.25, 0.3) is 0 Å². The molecule has 0 bridgehead atoms. The van der Waals surface area contributed by atoms with Crippen molar-refractivity contribution >= 4 is 15.9 Å². The van der Waals surface area contributed by atoms with Gasteiger partial charge in [0.15, 0.2) is 0 Å². The van der Waals surface area contributed by atoms with Crippen LogP contribution in [0.2, 0.25) is 0 Å². The fourth-order valence-corrected chi connectivity index (χ4v) is 3.47. The lowest BCUT2D eigenvalue weighted by atomic mass is 10.2. The van der Waals surface area contributed by atoms with Crippen LogP contribution in [0.5, 0.6) is 0 Å². The van der Waals surface area contributed by atoms with Gasteiger partial charge in [0.1, 0.15) is 0 Å². The molecule has 26 heavy (non-hydrogen) atoms. The maximum atomic E-state index is 13.0. The number of sulfonamides is 1. The largest absolute Gasteiger partial charge is 0.417 e. The van der Waals surface area contributed by atoms with E-state index >= 15 is 0 Å². The number of alkyl halides is 3. The zero-order chi connectivity index (χ0) is 20.0. The van der Waals surface area contributed by atoms with Gasteiger partial charge in [0, 0.05) is 13.2 Å². The molecule has 1 aromatic rings. The van der Waals surface area contributed by atoms with Crippen LogP contribution in [0.1, 0.15) is 32.8 Å². The molecular formula is C16H23F3N2O4S. The van der Waals surface area contributed by atoms with Crippen LogP contribution in [-0.2, 0) is 25.7 Å². The first-order chi connectivity index (χ1) is 11.9. The van der Waals surface area contributed by atoms with Gasteiger partial charge in [-0.3, -0.25) is 4.79 Å². The number of carbonyl (C=O) groups excluding carboxylic acids is 1. The van der Waals surface area contributed by atoms with E-state index in [1.807, 2.05) is 18.6 Å². The Bertz CT molecular complexity index is 706. The molecule has 6 nitrogen and oxygen atoms in total. The topological polar surface area (TPSA) is 84.5 Å². The Labute approximate surface area is 151 Å². The summed E-state index contributed by atoms with van der Waals surface area (Å²) in [5, 5.41) is 2.51. The van der Waals surface area contributed by atoms with Gasteiger partial charge in [-0.1, -0.05) is 12.1 Å². The Morgan fingerprint density at radius 3 is 2.38 bits per heavy atom. The van der Waals surface area contributed by atoms with Crippen molar-refractivity contribution in [3.63, 3.8) is 0 Å². The molecule has 0 aliphatic carbocycles. The molecule has 148 valence electrons. The summed E-state index contributed by atoms with van der Waals surface area (Å²) in [6.45, 7) is 5.68. The molecule has 0 aromatic heterocycles. The minimum absolute atomic E-state index is 0.0603. The highest BCUT2D eigenvalue weighted by Crippen LogP contribution is 2.33. The van der Waals surface area contributed by atoms with Gasteiger partial charge in [0.05, 0.1) is 22.6 Å². The van der Waals surface area contributed by atoms with E-state index in [0.717, 1.165) is 12.1 Å². The van der Waals surface area contributed by atoms with Gasteiger partial charge in [-0.15, -0.1) is 0 Å². The Hall–Kier alpha value is -1.65. The second-order valence-corrected chi connectivity index (χ2v) is 7.58. The number of halogens is 3. The van der Waals surface area contributed by atoms with Crippen LogP contribution < -0.4 is 10.0 Å². The second kappa shape index (κ2) is 9.33. The third-order valence-corrected chi connectivity index (χ3v) is 4.88. The molecule has 0 unspecified atom stereocenters. The highest BCUT2D eigenvalue weighted by molar-refractivity contribution is 7.89. The van der Waals surface area contributed by atoms with Gasteiger partial charge in [0.25, 0.3) is 0 Å². The first kappa shape index (κ1) is 22.4.